The molecule has 0 radical (unpaired) electrons. The largest absolute Gasteiger partial charge is 0.351 e. The van der Waals surface area contributed by atoms with Crippen LogP contribution in [-0.4, -0.2) is 11.9 Å². The Kier molecular flexibility index (Phi) is 6.02. The normalized spacial score (nSPS) is 10.7. The molecular formula is C21H19N3O2S. The molecule has 0 unspecified atom stereocenters. The van der Waals surface area contributed by atoms with Gasteiger partial charge in [0.15, 0.2) is 0 Å². The Balaban J connectivity index is 1.52. The number of hydrogen-bond donors (Lipinski definition) is 3. The summed E-state index contributed by atoms with van der Waals surface area (Å²) in [6, 6.07) is 20.7. The Morgan fingerprint density at radius 2 is 1.70 bits per heavy atom. The van der Waals surface area contributed by atoms with Crippen LogP contribution in [0.5, 0.6) is 0 Å². The fraction of sp³-hybridized carbons (Fsp3) is 0.0476. The average Bonchev–Trinajstić information content (AvgIpc) is 3.15. The first-order chi connectivity index (χ1) is 13.1. The van der Waals surface area contributed by atoms with Crippen LogP contribution in [0, 0.1) is 0 Å². The molecule has 0 aliphatic rings. The molecule has 5 nitrogen and oxygen atoms in total. The van der Waals surface area contributed by atoms with E-state index in [0.717, 1.165) is 10.4 Å². The van der Waals surface area contributed by atoms with Gasteiger partial charge in [0.05, 0.1) is 0 Å². The lowest BCUT2D eigenvalue weighted by Crippen LogP contribution is -2.20. The van der Waals surface area contributed by atoms with E-state index in [1.165, 1.54) is 16.5 Å². The summed E-state index contributed by atoms with van der Waals surface area (Å²) in [7, 11) is 0. The van der Waals surface area contributed by atoms with Crippen LogP contribution >= 0.6 is 11.3 Å². The molecule has 4 N–H and O–H groups in total. The molecule has 0 saturated carbocycles. The molecule has 6 heteroatoms. The van der Waals surface area contributed by atoms with Crippen LogP contribution in [0.15, 0.2) is 72.8 Å². The van der Waals surface area contributed by atoms with Crippen molar-refractivity contribution in [2.24, 2.45) is 5.73 Å². The molecule has 1 aromatic heterocycles. The van der Waals surface area contributed by atoms with Crippen molar-refractivity contribution in [2.45, 2.75) is 6.54 Å². The zero-order chi connectivity index (χ0) is 19.1. The van der Waals surface area contributed by atoms with Crippen molar-refractivity contribution < 1.29 is 9.59 Å². The number of benzene rings is 2. The monoisotopic (exact) mass is 377 g/mol. The minimum atomic E-state index is -0.606. The van der Waals surface area contributed by atoms with E-state index < -0.39 is 6.03 Å². The van der Waals surface area contributed by atoms with Gasteiger partial charge in [0.2, 0.25) is 5.91 Å². The number of rotatable bonds is 6. The number of primary amides is 1. The standard InChI is InChI=1S/C21H19N3O2S/c22-21(26)24-17-8-6-15(7-9-17)14-23-20(25)13-11-18-10-12-19(27-18)16-4-2-1-3-5-16/h1-13H,14H2,(H,23,25)(H3,22,24,26)/b13-11+. The summed E-state index contributed by atoms with van der Waals surface area (Å²) in [5.74, 6) is -0.163. The Labute approximate surface area is 161 Å². The highest BCUT2D eigenvalue weighted by Gasteiger charge is 2.02. The van der Waals surface area contributed by atoms with Crippen molar-refractivity contribution in [3.8, 4) is 10.4 Å². The molecule has 0 saturated heterocycles. The summed E-state index contributed by atoms with van der Waals surface area (Å²) < 4.78 is 0. The van der Waals surface area contributed by atoms with E-state index in [2.05, 4.69) is 28.8 Å². The first kappa shape index (κ1) is 18.4. The maximum atomic E-state index is 12.0. The first-order valence-corrected chi connectivity index (χ1v) is 9.18. The molecule has 3 rings (SSSR count). The van der Waals surface area contributed by atoms with E-state index in [-0.39, 0.29) is 5.91 Å². The van der Waals surface area contributed by atoms with Gasteiger partial charge < -0.3 is 16.4 Å². The maximum Gasteiger partial charge on any atom is 0.316 e. The highest BCUT2D eigenvalue weighted by Crippen LogP contribution is 2.28. The fourth-order valence-corrected chi connectivity index (χ4v) is 3.37. The van der Waals surface area contributed by atoms with Gasteiger partial charge in [-0.05, 0) is 41.5 Å². The topological polar surface area (TPSA) is 84.2 Å². The van der Waals surface area contributed by atoms with Gasteiger partial charge in [0.25, 0.3) is 0 Å². The lowest BCUT2D eigenvalue weighted by molar-refractivity contribution is -0.116. The zero-order valence-corrected chi connectivity index (χ0v) is 15.3. The maximum absolute atomic E-state index is 12.0. The number of nitrogens with one attached hydrogen (secondary N) is 2. The second-order valence-electron chi connectivity index (χ2n) is 5.81. The van der Waals surface area contributed by atoms with Crippen LogP contribution in [0.3, 0.4) is 0 Å². The molecule has 0 spiro atoms. The number of amides is 3. The minimum absolute atomic E-state index is 0.163. The van der Waals surface area contributed by atoms with Crippen molar-refractivity contribution >= 4 is 35.0 Å². The van der Waals surface area contributed by atoms with E-state index in [1.54, 1.807) is 23.5 Å². The van der Waals surface area contributed by atoms with Crippen molar-refractivity contribution in [1.29, 1.82) is 0 Å². The van der Waals surface area contributed by atoms with Gasteiger partial charge in [-0.1, -0.05) is 42.5 Å². The van der Waals surface area contributed by atoms with Crippen molar-refractivity contribution in [1.82, 2.24) is 5.32 Å². The molecule has 27 heavy (non-hydrogen) atoms. The lowest BCUT2D eigenvalue weighted by atomic mass is 10.2. The predicted molar refractivity (Wildman–Crippen MR) is 110 cm³/mol. The SMILES string of the molecule is NC(=O)Nc1ccc(CNC(=O)/C=C/c2ccc(-c3ccccc3)s2)cc1. The van der Waals surface area contributed by atoms with Gasteiger partial charge >= 0.3 is 6.03 Å². The van der Waals surface area contributed by atoms with Gasteiger partial charge in [0.1, 0.15) is 0 Å². The summed E-state index contributed by atoms with van der Waals surface area (Å²) >= 11 is 1.64. The minimum Gasteiger partial charge on any atom is -0.351 e. The van der Waals surface area contributed by atoms with E-state index in [0.29, 0.717) is 12.2 Å². The highest BCUT2D eigenvalue weighted by atomic mass is 32.1. The van der Waals surface area contributed by atoms with Gasteiger partial charge in [-0.3, -0.25) is 4.79 Å². The zero-order valence-electron chi connectivity index (χ0n) is 14.5. The lowest BCUT2D eigenvalue weighted by Gasteiger charge is -2.05. The summed E-state index contributed by atoms with van der Waals surface area (Å²) in [5.41, 5.74) is 7.77. The van der Waals surface area contributed by atoms with Crippen LogP contribution in [0.4, 0.5) is 10.5 Å². The van der Waals surface area contributed by atoms with E-state index in [1.807, 2.05) is 42.5 Å². The second kappa shape index (κ2) is 8.82. The smallest absolute Gasteiger partial charge is 0.316 e. The van der Waals surface area contributed by atoms with E-state index >= 15 is 0 Å². The number of nitrogens with two attached hydrogens (primary N) is 1. The molecule has 0 aliphatic carbocycles. The third-order valence-electron chi connectivity index (χ3n) is 3.77. The second-order valence-corrected chi connectivity index (χ2v) is 6.92. The summed E-state index contributed by atoms with van der Waals surface area (Å²) in [6.07, 6.45) is 3.34. The van der Waals surface area contributed by atoms with Crippen LogP contribution < -0.4 is 16.4 Å². The third-order valence-corrected chi connectivity index (χ3v) is 4.87. The number of hydrogen-bond acceptors (Lipinski definition) is 3. The van der Waals surface area contributed by atoms with Crippen molar-refractivity contribution in [3.05, 3.63) is 83.2 Å². The summed E-state index contributed by atoms with van der Waals surface area (Å²) in [6.45, 7) is 0.403. The Morgan fingerprint density at radius 1 is 0.963 bits per heavy atom. The molecule has 0 bridgehead atoms. The molecule has 1 heterocycles. The van der Waals surface area contributed by atoms with Crippen molar-refractivity contribution in [2.75, 3.05) is 5.32 Å². The average molecular weight is 377 g/mol. The number of carbonyl (C=O) groups excluding carboxylic acids is 2. The number of anilines is 1. The molecule has 0 fully saturated rings. The Bertz CT molecular complexity index is 947. The number of thiophene rings is 1. The quantitative estimate of drug-likeness (QED) is 0.562. The van der Waals surface area contributed by atoms with Crippen LogP contribution in [0.2, 0.25) is 0 Å². The van der Waals surface area contributed by atoms with Gasteiger partial charge in [-0.25, -0.2) is 4.79 Å². The van der Waals surface area contributed by atoms with Crippen LogP contribution in [0.25, 0.3) is 16.5 Å². The summed E-state index contributed by atoms with van der Waals surface area (Å²) in [4.78, 5) is 25.0. The number of urea groups is 1. The molecule has 3 amide bonds. The van der Waals surface area contributed by atoms with Crippen molar-refractivity contribution in [3.63, 3.8) is 0 Å². The fourth-order valence-electron chi connectivity index (χ4n) is 2.45. The first-order valence-electron chi connectivity index (χ1n) is 8.37. The Morgan fingerprint density at radius 3 is 2.41 bits per heavy atom. The molecule has 2 aromatic carbocycles. The number of carbonyl (C=O) groups is 2. The van der Waals surface area contributed by atoms with Crippen LogP contribution in [-0.2, 0) is 11.3 Å². The molecule has 136 valence electrons. The van der Waals surface area contributed by atoms with E-state index in [9.17, 15) is 9.59 Å². The highest BCUT2D eigenvalue weighted by molar-refractivity contribution is 7.16. The van der Waals surface area contributed by atoms with Gasteiger partial charge in [-0.2, -0.15) is 0 Å². The molecule has 3 aromatic rings. The molecule has 0 aliphatic heterocycles. The molecular weight excluding hydrogens is 358 g/mol. The Hall–Kier alpha value is -3.38. The molecule has 0 atom stereocenters. The summed E-state index contributed by atoms with van der Waals surface area (Å²) in [5, 5.41) is 5.33. The van der Waals surface area contributed by atoms with Crippen LogP contribution in [0.1, 0.15) is 10.4 Å². The van der Waals surface area contributed by atoms with Gasteiger partial charge in [-0.15, -0.1) is 11.3 Å². The third kappa shape index (κ3) is 5.55. The predicted octanol–water partition coefficient (Wildman–Crippen LogP) is 4.24. The van der Waals surface area contributed by atoms with Gasteiger partial charge in [0, 0.05) is 28.1 Å². The van der Waals surface area contributed by atoms with E-state index in [4.69, 9.17) is 5.73 Å².